The maximum absolute atomic E-state index is 12.1. The van der Waals surface area contributed by atoms with E-state index in [1.54, 1.807) is 12.1 Å². The number of nitrogens with zero attached hydrogens (tertiary/aromatic N) is 1. The van der Waals surface area contributed by atoms with Crippen molar-refractivity contribution in [2.75, 3.05) is 11.1 Å². The summed E-state index contributed by atoms with van der Waals surface area (Å²) in [7, 11) is 0. The van der Waals surface area contributed by atoms with Crippen LogP contribution in [-0.4, -0.2) is 17.0 Å². The summed E-state index contributed by atoms with van der Waals surface area (Å²) >= 11 is 0. The molecule has 0 aliphatic carbocycles. The molecule has 2 heterocycles. The molecule has 1 atom stereocenters. The molecule has 3 N–H and O–H groups in total. The SMILES string of the molecule is Nc1ccc(NC(=O)C2Cc3ccccc3O2)nc1. The number of carbonyl (C=O) groups excluding carboxylic acids is 1. The molecule has 0 radical (unpaired) electrons. The smallest absolute Gasteiger partial charge is 0.266 e. The van der Waals surface area contributed by atoms with Gasteiger partial charge in [-0.1, -0.05) is 18.2 Å². The van der Waals surface area contributed by atoms with Gasteiger partial charge >= 0.3 is 0 Å². The first kappa shape index (κ1) is 11.5. The minimum absolute atomic E-state index is 0.200. The topological polar surface area (TPSA) is 77.2 Å². The van der Waals surface area contributed by atoms with Gasteiger partial charge in [0.2, 0.25) is 0 Å². The van der Waals surface area contributed by atoms with Crippen LogP contribution < -0.4 is 15.8 Å². The second-order valence-corrected chi connectivity index (χ2v) is 4.38. The van der Waals surface area contributed by atoms with Crippen molar-refractivity contribution in [3.63, 3.8) is 0 Å². The molecule has 0 spiro atoms. The summed E-state index contributed by atoms with van der Waals surface area (Å²) in [6.07, 6.45) is 1.58. The van der Waals surface area contributed by atoms with Crippen LogP contribution in [0.5, 0.6) is 5.75 Å². The molecule has 1 aliphatic rings. The van der Waals surface area contributed by atoms with Gasteiger partial charge in [0.15, 0.2) is 6.10 Å². The summed E-state index contributed by atoms with van der Waals surface area (Å²) in [5, 5.41) is 2.72. The first-order chi connectivity index (χ1) is 9.22. The fraction of sp³-hybridized carbons (Fsp3) is 0.143. The predicted octanol–water partition coefficient (Wildman–Crippen LogP) is 1.61. The van der Waals surface area contributed by atoms with E-state index in [0.717, 1.165) is 11.3 Å². The van der Waals surface area contributed by atoms with E-state index in [-0.39, 0.29) is 5.91 Å². The molecule has 19 heavy (non-hydrogen) atoms. The molecule has 0 saturated heterocycles. The number of para-hydroxylation sites is 1. The summed E-state index contributed by atoms with van der Waals surface area (Å²) in [5.74, 6) is 1.04. The minimum atomic E-state index is -0.503. The zero-order chi connectivity index (χ0) is 13.2. The molecular weight excluding hydrogens is 242 g/mol. The van der Waals surface area contributed by atoms with Crippen LogP contribution in [0.1, 0.15) is 5.56 Å². The molecule has 1 unspecified atom stereocenters. The maximum atomic E-state index is 12.1. The van der Waals surface area contributed by atoms with Gasteiger partial charge in [-0.15, -0.1) is 0 Å². The monoisotopic (exact) mass is 255 g/mol. The first-order valence-corrected chi connectivity index (χ1v) is 5.99. The molecular formula is C14H13N3O2. The highest BCUT2D eigenvalue weighted by atomic mass is 16.5. The lowest BCUT2D eigenvalue weighted by Gasteiger charge is -2.10. The Hall–Kier alpha value is -2.56. The number of hydrogen-bond donors (Lipinski definition) is 2. The van der Waals surface area contributed by atoms with E-state index >= 15 is 0 Å². The van der Waals surface area contributed by atoms with Gasteiger partial charge in [-0.3, -0.25) is 4.79 Å². The number of nitrogen functional groups attached to an aromatic ring is 1. The maximum Gasteiger partial charge on any atom is 0.266 e. The van der Waals surface area contributed by atoms with Gasteiger partial charge in [-0.2, -0.15) is 0 Å². The summed E-state index contributed by atoms with van der Waals surface area (Å²) in [6.45, 7) is 0. The third-order valence-corrected chi connectivity index (χ3v) is 2.98. The number of nitrogens with one attached hydrogen (secondary N) is 1. The Balaban J connectivity index is 1.68. The molecule has 96 valence electrons. The largest absolute Gasteiger partial charge is 0.480 e. The Morgan fingerprint density at radius 2 is 2.16 bits per heavy atom. The van der Waals surface area contributed by atoms with Gasteiger partial charge in [0.25, 0.3) is 5.91 Å². The number of pyridine rings is 1. The number of ether oxygens (including phenoxy) is 1. The van der Waals surface area contributed by atoms with Crippen molar-refractivity contribution < 1.29 is 9.53 Å². The van der Waals surface area contributed by atoms with E-state index in [1.807, 2.05) is 24.3 Å². The van der Waals surface area contributed by atoms with Gasteiger partial charge < -0.3 is 15.8 Å². The molecule has 2 aromatic rings. The average Bonchev–Trinajstić information content (AvgIpc) is 2.85. The highest BCUT2D eigenvalue weighted by molar-refractivity contribution is 5.94. The molecule has 1 aliphatic heterocycles. The number of aromatic nitrogens is 1. The Kier molecular flexibility index (Phi) is 2.79. The summed E-state index contributed by atoms with van der Waals surface area (Å²) in [4.78, 5) is 16.1. The van der Waals surface area contributed by atoms with Crippen molar-refractivity contribution in [2.45, 2.75) is 12.5 Å². The minimum Gasteiger partial charge on any atom is -0.480 e. The number of nitrogens with two attached hydrogens (primary N) is 1. The first-order valence-electron chi connectivity index (χ1n) is 5.99. The summed E-state index contributed by atoms with van der Waals surface area (Å²) < 4.78 is 5.60. The van der Waals surface area contributed by atoms with Gasteiger partial charge in [0.05, 0.1) is 11.9 Å². The fourth-order valence-corrected chi connectivity index (χ4v) is 2.01. The second-order valence-electron chi connectivity index (χ2n) is 4.38. The van der Waals surface area contributed by atoms with Gasteiger partial charge in [0.1, 0.15) is 11.6 Å². The van der Waals surface area contributed by atoms with Gasteiger partial charge in [-0.05, 0) is 23.8 Å². The second kappa shape index (κ2) is 4.61. The molecule has 3 rings (SSSR count). The Morgan fingerprint density at radius 1 is 1.32 bits per heavy atom. The zero-order valence-corrected chi connectivity index (χ0v) is 10.2. The number of hydrogen-bond acceptors (Lipinski definition) is 4. The molecule has 0 saturated carbocycles. The van der Waals surface area contributed by atoms with Crippen LogP contribution in [0.15, 0.2) is 42.6 Å². The van der Waals surface area contributed by atoms with Crippen molar-refractivity contribution in [3.8, 4) is 5.75 Å². The highest BCUT2D eigenvalue weighted by Crippen LogP contribution is 2.28. The van der Waals surface area contributed by atoms with Crippen LogP contribution in [0.2, 0.25) is 0 Å². The van der Waals surface area contributed by atoms with E-state index in [2.05, 4.69) is 10.3 Å². The molecule has 5 nitrogen and oxygen atoms in total. The Labute approximate surface area is 110 Å². The summed E-state index contributed by atoms with van der Waals surface area (Å²) in [5.41, 5.74) is 7.14. The van der Waals surface area contributed by atoms with Crippen molar-refractivity contribution in [1.29, 1.82) is 0 Å². The van der Waals surface area contributed by atoms with E-state index < -0.39 is 6.10 Å². The molecule has 0 fully saturated rings. The Morgan fingerprint density at radius 3 is 2.89 bits per heavy atom. The fourth-order valence-electron chi connectivity index (χ4n) is 2.01. The van der Waals surface area contributed by atoms with Crippen molar-refractivity contribution in [3.05, 3.63) is 48.2 Å². The molecule has 1 amide bonds. The number of benzene rings is 1. The summed E-state index contributed by atoms with van der Waals surface area (Å²) in [6, 6.07) is 11.0. The van der Waals surface area contributed by atoms with Crippen LogP contribution in [0.3, 0.4) is 0 Å². The van der Waals surface area contributed by atoms with Crippen LogP contribution in [0, 0.1) is 0 Å². The van der Waals surface area contributed by atoms with E-state index in [1.165, 1.54) is 6.20 Å². The number of carbonyl (C=O) groups is 1. The number of anilines is 2. The quantitative estimate of drug-likeness (QED) is 0.854. The van der Waals surface area contributed by atoms with Crippen molar-refractivity contribution in [1.82, 2.24) is 4.98 Å². The number of rotatable bonds is 2. The van der Waals surface area contributed by atoms with Crippen LogP contribution in [0.4, 0.5) is 11.5 Å². The average molecular weight is 255 g/mol. The lowest BCUT2D eigenvalue weighted by Crippen LogP contribution is -2.31. The molecule has 5 heteroatoms. The number of amides is 1. The van der Waals surface area contributed by atoms with Crippen LogP contribution >= 0.6 is 0 Å². The predicted molar refractivity (Wildman–Crippen MR) is 71.8 cm³/mol. The number of fused-ring (bicyclic) bond motifs is 1. The third-order valence-electron chi connectivity index (χ3n) is 2.98. The van der Waals surface area contributed by atoms with Crippen LogP contribution in [-0.2, 0) is 11.2 Å². The highest BCUT2D eigenvalue weighted by Gasteiger charge is 2.28. The lowest BCUT2D eigenvalue weighted by molar-refractivity contribution is -0.122. The van der Waals surface area contributed by atoms with Gasteiger partial charge in [0, 0.05) is 6.42 Å². The van der Waals surface area contributed by atoms with Crippen molar-refractivity contribution >= 4 is 17.4 Å². The third kappa shape index (κ3) is 2.35. The van der Waals surface area contributed by atoms with E-state index in [0.29, 0.717) is 17.9 Å². The van der Waals surface area contributed by atoms with Crippen molar-refractivity contribution in [2.24, 2.45) is 0 Å². The van der Waals surface area contributed by atoms with E-state index in [9.17, 15) is 4.79 Å². The molecule has 0 bridgehead atoms. The molecule has 1 aromatic heterocycles. The Bertz CT molecular complexity index is 585. The van der Waals surface area contributed by atoms with Crippen LogP contribution in [0.25, 0.3) is 0 Å². The lowest BCUT2D eigenvalue weighted by atomic mass is 10.1. The molecule has 1 aromatic carbocycles. The van der Waals surface area contributed by atoms with Gasteiger partial charge in [-0.25, -0.2) is 4.98 Å². The standard InChI is InChI=1S/C14H13N3O2/c15-10-5-6-13(16-8-10)17-14(18)12-7-9-3-1-2-4-11(9)19-12/h1-6,8,12H,7,15H2,(H,16,17,18). The van der Waals surface area contributed by atoms with E-state index in [4.69, 9.17) is 10.5 Å². The zero-order valence-electron chi connectivity index (χ0n) is 10.2. The normalized spacial score (nSPS) is 16.5.